The molecule has 0 saturated heterocycles. The quantitative estimate of drug-likeness (QED) is 0.695. The predicted octanol–water partition coefficient (Wildman–Crippen LogP) is 4.85. The Morgan fingerprint density at radius 1 is 1.16 bits per heavy atom. The van der Waals surface area contributed by atoms with Gasteiger partial charge in [0.1, 0.15) is 11.0 Å². The van der Waals surface area contributed by atoms with Gasteiger partial charge in [0.15, 0.2) is 0 Å². The number of hydrogen-bond acceptors (Lipinski definition) is 2. The zero-order valence-electron chi connectivity index (χ0n) is 11.7. The van der Waals surface area contributed by atoms with Crippen molar-refractivity contribution < 1.29 is 0 Å². The van der Waals surface area contributed by atoms with Gasteiger partial charge >= 0.3 is 0 Å². The zero-order chi connectivity index (χ0) is 13.6. The number of hydrogen-bond donors (Lipinski definition) is 0. The van der Waals surface area contributed by atoms with Crippen LogP contribution in [0.4, 0.5) is 0 Å². The van der Waals surface area contributed by atoms with Crippen LogP contribution in [-0.4, -0.2) is 9.97 Å². The maximum atomic E-state index is 6.36. The van der Waals surface area contributed by atoms with E-state index in [0.717, 1.165) is 16.7 Å². The monoisotopic (exact) mass is 274 g/mol. The predicted molar refractivity (Wildman–Crippen MR) is 79.8 cm³/mol. The van der Waals surface area contributed by atoms with Gasteiger partial charge in [-0.2, -0.15) is 0 Å². The Morgan fingerprint density at radius 2 is 1.89 bits per heavy atom. The van der Waals surface area contributed by atoms with Crippen LogP contribution in [0, 0.1) is 0 Å². The van der Waals surface area contributed by atoms with Crippen molar-refractivity contribution in [3.05, 3.63) is 34.7 Å². The summed E-state index contributed by atoms with van der Waals surface area (Å²) < 4.78 is 0. The minimum Gasteiger partial charge on any atom is -0.232 e. The first-order chi connectivity index (χ1) is 8.95. The van der Waals surface area contributed by atoms with Gasteiger partial charge in [-0.3, -0.25) is 0 Å². The Balaban J connectivity index is 2.12. The van der Waals surface area contributed by atoms with E-state index >= 15 is 0 Å². The lowest BCUT2D eigenvalue weighted by Gasteiger charge is -2.24. The van der Waals surface area contributed by atoms with Crippen LogP contribution in [0.1, 0.15) is 57.3 Å². The van der Waals surface area contributed by atoms with E-state index in [1.54, 1.807) is 0 Å². The molecule has 1 saturated carbocycles. The van der Waals surface area contributed by atoms with E-state index in [1.807, 2.05) is 0 Å². The minimum absolute atomic E-state index is 0.115. The lowest BCUT2D eigenvalue weighted by Crippen LogP contribution is -2.13. The Kier molecular flexibility index (Phi) is 3.01. The first-order valence-corrected chi connectivity index (χ1v) is 7.30. The highest BCUT2D eigenvalue weighted by Crippen LogP contribution is 2.36. The van der Waals surface area contributed by atoms with Crippen LogP contribution in [0.25, 0.3) is 10.9 Å². The van der Waals surface area contributed by atoms with Gasteiger partial charge in [0, 0.05) is 11.3 Å². The summed E-state index contributed by atoms with van der Waals surface area (Å²) in [5, 5.41) is 1.56. The molecule has 1 heterocycles. The topological polar surface area (TPSA) is 25.8 Å². The van der Waals surface area contributed by atoms with Gasteiger partial charge in [-0.15, -0.1) is 0 Å². The fraction of sp³-hybridized carbons (Fsp3) is 0.500. The summed E-state index contributed by atoms with van der Waals surface area (Å²) in [6.07, 6.45) is 3.68. The molecule has 3 rings (SSSR count). The molecule has 19 heavy (non-hydrogen) atoms. The van der Waals surface area contributed by atoms with Crippen LogP contribution in [0.2, 0.25) is 5.15 Å². The second-order valence-corrected chi connectivity index (χ2v) is 6.84. The van der Waals surface area contributed by atoms with Crippen molar-refractivity contribution in [1.82, 2.24) is 9.97 Å². The molecule has 0 unspecified atom stereocenters. The van der Waals surface area contributed by atoms with Crippen molar-refractivity contribution in [2.24, 2.45) is 0 Å². The van der Waals surface area contributed by atoms with E-state index in [2.05, 4.69) is 48.9 Å². The molecule has 0 aliphatic heterocycles. The molecular weight excluding hydrogens is 256 g/mol. The van der Waals surface area contributed by atoms with Crippen molar-refractivity contribution in [3.63, 3.8) is 0 Å². The molecule has 1 aromatic heterocycles. The number of aromatic nitrogens is 2. The number of fused-ring (bicyclic) bond motifs is 1. The van der Waals surface area contributed by atoms with E-state index in [-0.39, 0.29) is 5.41 Å². The highest BCUT2D eigenvalue weighted by molar-refractivity contribution is 6.34. The molecule has 0 radical (unpaired) electrons. The molecule has 1 aliphatic carbocycles. The van der Waals surface area contributed by atoms with Crippen molar-refractivity contribution in [2.45, 2.75) is 51.4 Å². The largest absolute Gasteiger partial charge is 0.232 e. The zero-order valence-corrected chi connectivity index (χ0v) is 12.5. The molecule has 3 heteroatoms. The summed E-state index contributed by atoms with van der Waals surface area (Å²) in [5.41, 5.74) is 2.35. The molecule has 0 N–H and O–H groups in total. The molecule has 0 spiro atoms. The van der Waals surface area contributed by atoms with Crippen molar-refractivity contribution in [1.29, 1.82) is 0 Å². The Morgan fingerprint density at radius 3 is 2.47 bits per heavy atom. The number of nitrogens with zero attached hydrogens (tertiary/aromatic N) is 2. The highest BCUT2D eigenvalue weighted by Gasteiger charge is 2.23. The molecule has 1 fully saturated rings. The number of halogens is 1. The van der Waals surface area contributed by atoms with Gasteiger partial charge in [0.2, 0.25) is 0 Å². The van der Waals surface area contributed by atoms with Crippen LogP contribution in [0.3, 0.4) is 0 Å². The fourth-order valence-electron chi connectivity index (χ4n) is 2.42. The smallest absolute Gasteiger partial charge is 0.140 e. The first kappa shape index (κ1) is 12.9. The van der Waals surface area contributed by atoms with Crippen molar-refractivity contribution in [2.75, 3.05) is 0 Å². The van der Waals surface area contributed by atoms with E-state index < -0.39 is 0 Å². The van der Waals surface area contributed by atoms with Gasteiger partial charge in [-0.25, -0.2) is 9.97 Å². The first-order valence-electron chi connectivity index (χ1n) is 6.93. The van der Waals surface area contributed by atoms with Gasteiger partial charge in [-0.1, -0.05) is 44.9 Å². The summed E-state index contributed by atoms with van der Waals surface area (Å²) in [7, 11) is 0. The van der Waals surface area contributed by atoms with E-state index in [9.17, 15) is 0 Å². The average molecular weight is 275 g/mol. The van der Waals surface area contributed by atoms with Gasteiger partial charge in [0.05, 0.1) is 5.52 Å². The Labute approximate surface area is 119 Å². The van der Waals surface area contributed by atoms with Crippen molar-refractivity contribution in [3.8, 4) is 0 Å². The minimum atomic E-state index is 0.115. The molecular formula is C16H19ClN2. The van der Waals surface area contributed by atoms with E-state index in [4.69, 9.17) is 11.6 Å². The summed E-state index contributed by atoms with van der Waals surface area (Å²) in [6, 6.07) is 6.35. The summed E-state index contributed by atoms with van der Waals surface area (Å²) >= 11 is 6.36. The second kappa shape index (κ2) is 4.45. The molecule has 2 aromatic rings. The number of benzene rings is 1. The standard InChI is InChI=1S/C16H19ClN2/c1-16(2,3)11-7-8-13-12(9-11)14(17)19-15(18-13)10-5-4-6-10/h7-10H,4-6H2,1-3H3. The normalized spacial score (nSPS) is 16.6. The molecule has 2 nitrogen and oxygen atoms in total. The lowest BCUT2D eigenvalue weighted by molar-refractivity contribution is 0.402. The van der Waals surface area contributed by atoms with Gasteiger partial charge < -0.3 is 0 Å². The third kappa shape index (κ3) is 2.34. The molecule has 1 aliphatic rings. The van der Waals surface area contributed by atoms with Gasteiger partial charge in [-0.05, 0) is 36.0 Å². The molecule has 0 bridgehead atoms. The SMILES string of the molecule is CC(C)(C)c1ccc2nc(C3CCC3)nc(Cl)c2c1. The molecule has 1 aromatic carbocycles. The molecule has 100 valence electrons. The second-order valence-electron chi connectivity index (χ2n) is 6.48. The maximum Gasteiger partial charge on any atom is 0.140 e. The Hall–Kier alpha value is -1.15. The lowest BCUT2D eigenvalue weighted by atomic mass is 9.84. The third-order valence-electron chi connectivity index (χ3n) is 4.00. The summed E-state index contributed by atoms with van der Waals surface area (Å²) in [6.45, 7) is 6.60. The fourth-order valence-corrected chi connectivity index (χ4v) is 2.66. The van der Waals surface area contributed by atoms with Crippen LogP contribution >= 0.6 is 11.6 Å². The van der Waals surface area contributed by atoms with Crippen LogP contribution in [0.5, 0.6) is 0 Å². The Bertz CT molecular complexity index is 624. The third-order valence-corrected chi connectivity index (χ3v) is 4.29. The summed E-state index contributed by atoms with van der Waals surface area (Å²) in [4.78, 5) is 9.19. The number of rotatable bonds is 1. The maximum absolute atomic E-state index is 6.36. The van der Waals surface area contributed by atoms with E-state index in [0.29, 0.717) is 11.1 Å². The van der Waals surface area contributed by atoms with Gasteiger partial charge in [0.25, 0.3) is 0 Å². The molecule has 0 amide bonds. The van der Waals surface area contributed by atoms with Crippen LogP contribution in [-0.2, 0) is 5.41 Å². The van der Waals surface area contributed by atoms with E-state index in [1.165, 1.54) is 24.8 Å². The summed E-state index contributed by atoms with van der Waals surface area (Å²) in [5.74, 6) is 1.44. The molecule has 0 atom stereocenters. The average Bonchev–Trinajstić information content (AvgIpc) is 2.25. The highest BCUT2D eigenvalue weighted by atomic mass is 35.5. The van der Waals surface area contributed by atoms with Crippen LogP contribution < -0.4 is 0 Å². The van der Waals surface area contributed by atoms with Crippen LogP contribution in [0.15, 0.2) is 18.2 Å². The van der Waals surface area contributed by atoms with Crippen molar-refractivity contribution >= 4 is 22.5 Å².